The number of aliphatic hydroxyl groups is 3. The van der Waals surface area contributed by atoms with Gasteiger partial charge in [-0.2, -0.15) is 0 Å². The van der Waals surface area contributed by atoms with Gasteiger partial charge < -0.3 is 40.9 Å². The molecule has 2 aromatic rings. The van der Waals surface area contributed by atoms with Crippen LogP contribution in [-0.2, 0) is 27.3 Å². The first-order valence-corrected chi connectivity index (χ1v) is 12.1. The molecule has 204 valence electrons. The molecule has 1 saturated carbocycles. The van der Waals surface area contributed by atoms with Crippen LogP contribution in [0.4, 0.5) is 5.69 Å². The first-order valence-electron chi connectivity index (χ1n) is 12.1. The van der Waals surface area contributed by atoms with Gasteiger partial charge in [-0.15, -0.1) is 0 Å². The molecule has 1 aromatic heterocycles. The van der Waals surface area contributed by atoms with Crippen LogP contribution in [0.1, 0.15) is 40.1 Å². The van der Waals surface area contributed by atoms with E-state index in [4.69, 9.17) is 10.3 Å². The van der Waals surface area contributed by atoms with Crippen LogP contribution < -0.4 is 16.0 Å². The van der Waals surface area contributed by atoms with Gasteiger partial charge >= 0.3 is 0 Å². The monoisotopic (exact) mass is 538 g/mol. The summed E-state index contributed by atoms with van der Waals surface area (Å²) >= 11 is 0. The standard InChI is InChI=1S/C26H26N4O9/c1-30(2)14-7-11(9-28-25(37)16-3-4-29-39-16)20(32)18-13(14)6-10-5-12-8-15(31)19(24(27)36)23(35)26(12,38)22(34)17(10)21(18)33/h3-4,7,10,12,32-33,35,38H,5-6,8-9H2,1-2H3,(H2,27,36)(H,28,37)/t10-,12+,26+/m1/s1. The number of aromatic hydroxyl groups is 1. The number of hydrogen-bond donors (Lipinski definition) is 6. The van der Waals surface area contributed by atoms with Crippen molar-refractivity contribution in [1.82, 2.24) is 10.5 Å². The van der Waals surface area contributed by atoms with Crippen molar-refractivity contribution in [2.75, 3.05) is 19.0 Å². The summed E-state index contributed by atoms with van der Waals surface area (Å²) in [6.07, 6.45) is 1.11. The average molecular weight is 539 g/mol. The van der Waals surface area contributed by atoms with E-state index >= 15 is 0 Å². The van der Waals surface area contributed by atoms with Crippen molar-refractivity contribution in [3.63, 3.8) is 0 Å². The number of carbonyl (C=O) groups is 4. The number of benzene rings is 1. The number of aliphatic hydroxyl groups excluding tert-OH is 2. The van der Waals surface area contributed by atoms with Crippen molar-refractivity contribution in [3.05, 3.63) is 57.7 Å². The third-order valence-corrected chi connectivity index (χ3v) is 7.70. The lowest BCUT2D eigenvalue weighted by Crippen LogP contribution is -2.58. The number of hydrogen-bond acceptors (Lipinski definition) is 11. The molecule has 0 aliphatic heterocycles. The second-order valence-corrected chi connectivity index (χ2v) is 10.1. The van der Waals surface area contributed by atoms with E-state index in [0.717, 1.165) is 0 Å². The number of nitrogens with zero attached hydrogens (tertiary/aromatic N) is 2. The van der Waals surface area contributed by atoms with Crippen LogP contribution in [0.25, 0.3) is 5.76 Å². The summed E-state index contributed by atoms with van der Waals surface area (Å²) in [6, 6.07) is 3.01. The molecule has 2 amide bonds. The number of anilines is 1. The normalized spacial score (nSPS) is 24.2. The van der Waals surface area contributed by atoms with Gasteiger partial charge in [-0.05, 0) is 30.4 Å². The molecular weight excluding hydrogens is 512 g/mol. The molecule has 1 heterocycles. The number of rotatable bonds is 5. The summed E-state index contributed by atoms with van der Waals surface area (Å²) in [4.78, 5) is 52.1. The number of ketones is 2. The maximum Gasteiger partial charge on any atom is 0.290 e. The highest BCUT2D eigenvalue weighted by molar-refractivity contribution is 6.22. The highest BCUT2D eigenvalue weighted by Crippen LogP contribution is 2.53. The molecule has 0 unspecified atom stereocenters. The largest absolute Gasteiger partial charge is 0.508 e. The molecule has 3 aliphatic carbocycles. The van der Waals surface area contributed by atoms with Crippen LogP contribution in [0.2, 0.25) is 0 Å². The molecule has 1 fully saturated rings. The zero-order valence-electron chi connectivity index (χ0n) is 21.0. The number of fused-ring (bicyclic) bond motifs is 3. The average Bonchev–Trinajstić information content (AvgIpc) is 3.40. The van der Waals surface area contributed by atoms with E-state index in [9.17, 15) is 39.6 Å². The van der Waals surface area contributed by atoms with Gasteiger partial charge in [0.05, 0.1) is 11.8 Å². The molecule has 7 N–H and O–H groups in total. The summed E-state index contributed by atoms with van der Waals surface area (Å²) in [6.45, 7) is -0.168. The molecule has 3 atom stereocenters. The van der Waals surface area contributed by atoms with Crippen LogP contribution in [0.5, 0.6) is 5.75 Å². The highest BCUT2D eigenvalue weighted by Gasteiger charge is 2.60. The van der Waals surface area contributed by atoms with Crippen LogP contribution in [0.3, 0.4) is 0 Å². The number of aromatic nitrogens is 1. The Morgan fingerprint density at radius 1 is 1.23 bits per heavy atom. The lowest BCUT2D eigenvalue weighted by Gasteiger charge is -2.46. The number of nitrogens with two attached hydrogens (primary N) is 1. The SMILES string of the molecule is CN(C)c1cc(CNC(=O)c2ccno2)c(O)c2c1C[C@H]1C[C@H]3CC(=O)C(C(N)=O)=C(O)[C@@]3(O)C(=O)C1=C2O. The number of primary amides is 1. The van der Waals surface area contributed by atoms with E-state index in [1.54, 1.807) is 25.1 Å². The number of nitrogens with one attached hydrogen (secondary N) is 1. The van der Waals surface area contributed by atoms with Crippen LogP contribution in [-0.4, -0.2) is 68.7 Å². The van der Waals surface area contributed by atoms with Crippen molar-refractivity contribution in [2.45, 2.75) is 31.4 Å². The molecule has 0 saturated heterocycles. The van der Waals surface area contributed by atoms with E-state index in [0.29, 0.717) is 11.3 Å². The summed E-state index contributed by atoms with van der Waals surface area (Å²) in [5.41, 5.74) is 2.77. The number of amides is 2. The van der Waals surface area contributed by atoms with Gasteiger partial charge in [0.2, 0.25) is 11.5 Å². The minimum absolute atomic E-state index is 0.0333. The van der Waals surface area contributed by atoms with E-state index in [1.807, 2.05) is 0 Å². The van der Waals surface area contributed by atoms with E-state index < -0.39 is 70.1 Å². The summed E-state index contributed by atoms with van der Waals surface area (Å²) in [7, 11) is 3.50. The highest BCUT2D eigenvalue weighted by atomic mass is 16.5. The molecule has 13 nitrogen and oxygen atoms in total. The minimum Gasteiger partial charge on any atom is -0.508 e. The Morgan fingerprint density at radius 2 is 1.95 bits per heavy atom. The number of phenolic OH excluding ortho intramolecular Hbond substituents is 1. The lowest BCUT2D eigenvalue weighted by molar-refractivity contribution is -0.147. The third kappa shape index (κ3) is 3.76. The van der Waals surface area contributed by atoms with Gasteiger partial charge in [0, 0.05) is 55.9 Å². The fraction of sp³-hybridized carbons (Fsp3) is 0.346. The van der Waals surface area contributed by atoms with E-state index in [2.05, 4.69) is 10.5 Å². The third-order valence-electron chi connectivity index (χ3n) is 7.70. The molecule has 0 spiro atoms. The molecule has 39 heavy (non-hydrogen) atoms. The Balaban J connectivity index is 1.62. The van der Waals surface area contributed by atoms with Gasteiger partial charge in [-0.3, -0.25) is 19.2 Å². The van der Waals surface area contributed by atoms with Crippen molar-refractivity contribution in [1.29, 1.82) is 0 Å². The molecular formula is C26H26N4O9. The second-order valence-electron chi connectivity index (χ2n) is 10.1. The lowest BCUT2D eigenvalue weighted by atomic mass is 9.59. The Hall–Kier alpha value is -4.65. The molecule has 0 bridgehead atoms. The van der Waals surface area contributed by atoms with Gasteiger partial charge in [-0.1, -0.05) is 5.16 Å². The maximum absolute atomic E-state index is 13.7. The van der Waals surface area contributed by atoms with Crippen LogP contribution >= 0.6 is 0 Å². The first-order chi connectivity index (χ1) is 18.4. The van der Waals surface area contributed by atoms with Crippen molar-refractivity contribution < 1.29 is 44.1 Å². The molecule has 0 radical (unpaired) electrons. The van der Waals surface area contributed by atoms with Gasteiger partial charge in [0.25, 0.3) is 11.8 Å². The maximum atomic E-state index is 13.7. The topological polar surface area (TPSA) is 217 Å². The predicted molar refractivity (Wildman–Crippen MR) is 133 cm³/mol. The smallest absolute Gasteiger partial charge is 0.290 e. The molecule has 13 heteroatoms. The Bertz CT molecular complexity index is 1510. The zero-order valence-corrected chi connectivity index (χ0v) is 21.0. The number of phenols is 1. The minimum atomic E-state index is -2.64. The molecule has 5 rings (SSSR count). The zero-order chi connectivity index (χ0) is 28.4. The van der Waals surface area contributed by atoms with Crippen molar-refractivity contribution in [2.24, 2.45) is 17.6 Å². The Kier molecular flexibility index (Phi) is 5.98. The van der Waals surface area contributed by atoms with Crippen LogP contribution in [0.15, 0.2) is 39.8 Å². The Morgan fingerprint density at radius 3 is 2.56 bits per heavy atom. The van der Waals surface area contributed by atoms with Crippen LogP contribution in [0, 0.1) is 11.8 Å². The van der Waals surface area contributed by atoms with Crippen molar-refractivity contribution >= 4 is 34.8 Å². The summed E-state index contributed by atoms with van der Waals surface area (Å²) < 4.78 is 4.83. The second kappa shape index (κ2) is 8.98. The van der Waals surface area contributed by atoms with Gasteiger partial charge in [-0.25, -0.2) is 0 Å². The summed E-state index contributed by atoms with van der Waals surface area (Å²) in [5.74, 6) is -7.60. The quantitative estimate of drug-likeness (QED) is 0.286. The van der Waals surface area contributed by atoms with E-state index in [-0.39, 0.29) is 41.8 Å². The summed E-state index contributed by atoms with van der Waals surface area (Å²) in [5, 5.41) is 50.7. The number of carbonyl (C=O) groups excluding carboxylic acids is 4. The molecule has 1 aromatic carbocycles. The van der Waals surface area contributed by atoms with Gasteiger partial charge in [0.15, 0.2) is 11.4 Å². The number of Topliss-reactive ketones (excluding diaryl/α,β-unsaturated/α-hetero) is 2. The van der Waals surface area contributed by atoms with Gasteiger partial charge in [0.1, 0.15) is 22.8 Å². The Labute approximate surface area is 221 Å². The predicted octanol–water partition coefficient (Wildman–Crippen LogP) is 0.408. The first kappa shape index (κ1) is 26.0. The fourth-order valence-corrected chi connectivity index (χ4v) is 5.85. The fourth-order valence-electron chi connectivity index (χ4n) is 5.85. The van der Waals surface area contributed by atoms with E-state index in [1.165, 1.54) is 12.3 Å². The van der Waals surface area contributed by atoms with Crippen molar-refractivity contribution in [3.8, 4) is 5.75 Å². The molecule has 3 aliphatic rings.